The van der Waals surface area contributed by atoms with Gasteiger partial charge in [0.15, 0.2) is 5.15 Å². The number of amides is 1. The van der Waals surface area contributed by atoms with Crippen molar-refractivity contribution >= 4 is 17.5 Å². The summed E-state index contributed by atoms with van der Waals surface area (Å²) in [5, 5.41) is 0.303. The molecule has 3 rings (SSSR count). The van der Waals surface area contributed by atoms with Gasteiger partial charge in [-0.15, -0.1) is 0 Å². The quantitative estimate of drug-likeness (QED) is 0.770. The maximum Gasteiger partial charge on any atom is 0.249 e. The SMILES string of the molecule is NC(=O)c1cc(Oc2ccccc2)ccc1Cc1nccnc1Cl. The Bertz CT molecular complexity index is 869. The lowest BCUT2D eigenvalue weighted by Crippen LogP contribution is -2.14. The summed E-state index contributed by atoms with van der Waals surface area (Å²) < 4.78 is 5.74. The van der Waals surface area contributed by atoms with Crippen LogP contribution in [0.25, 0.3) is 0 Å². The van der Waals surface area contributed by atoms with Crippen molar-refractivity contribution in [1.29, 1.82) is 0 Å². The lowest BCUT2D eigenvalue weighted by atomic mass is 10.0. The van der Waals surface area contributed by atoms with Crippen molar-refractivity contribution in [3.05, 3.63) is 82.9 Å². The molecule has 0 aliphatic carbocycles. The molecule has 3 aromatic rings. The molecule has 0 atom stereocenters. The third-order valence-corrected chi connectivity index (χ3v) is 3.72. The Hall–Kier alpha value is -2.92. The van der Waals surface area contributed by atoms with Crippen molar-refractivity contribution in [2.45, 2.75) is 6.42 Å². The predicted octanol–water partition coefficient (Wildman–Crippen LogP) is 3.61. The molecular formula is C18H14ClN3O2. The number of hydrogen-bond donors (Lipinski definition) is 1. The van der Waals surface area contributed by atoms with Crippen LogP contribution in [0, 0.1) is 0 Å². The molecule has 0 bridgehead atoms. The number of ether oxygens (including phenoxy) is 1. The Morgan fingerprint density at radius 2 is 1.79 bits per heavy atom. The lowest BCUT2D eigenvalue weighted by molar-refractivity contribution is 0.0999. The second kappa shape index (κ2) is 7.10. The van der Waals surface area contributed by atoms with Crippen molar-refractivity contribution in [2.75, 3.05) is 0 Å². The fourth-order valence-electron chi connectivity index (χ4n) is 2.28. The fourth-order valence-corrected chi connectivity index (χ4v) is 2.45. The smallest absolute Gasteiger partial charge is 0.249 e. The number of nitrogens with two attached hydrogens (primary N) is 1. The van der Waals surface area contributed by atoms with Crippen LogP contribution in [0.15, 0.2) is 60.9 Å². The second-order valence-electron chi connectivity index (χ2n) is 5.07. The molecule has 1 heterocycles. The summed E-state index contributed by atoms with van der Waals surface area (Å²) in [5.41, 5.74) is 7.17. The maximum atomic E-state index is 11.8. The zero-order valence-corrected chi connectivity index (χ0v) is 13.4. The average molecular weight is 340 g/mol. The van der Waals surface area contributed by atoms with Gasteiger partial charge < -0.3 is 10.5 Å². The normalized spacial score (nSPS) is 10.4. The van der Waals surface area contributed by atoms with Crippen molar-refractivity contribution in [3.8, 4) is 11.5 Å². The molecule has 0 aliphatic rings. The highest BCUT2D eigenvalue weighted by Gasteiger charge is 2.13. The predicted molar refractivity (Wildman–Crippen MR) is 91.3 cm³/mol. The Balaban J connectivity index is 1.90. The highest BCUT2D eigenvalue weighted by molar-refractivity contribution is 6.30. The van der Waals surface area contributed by atoms with Gasteiger partial charge in [0.2, 0.25) is 5.91 Å². The monoisotopic (exact) mass is 339 g/mol. The minimum Gasteiger partial charge on any atom is -0.457 e. The number of benzene rings is 2. The Labute approximate surface area is 144 Å². The van der Waals surface area contributed by atoms with Crippen LogP contribution in [-0.4, -0.2) is 15.9 Å². The van der Waals surface area contributed by atoms with Gasteiger partial charge in [-0.3, -0.25) is 9.78 Å². The third kappa shape index (κ3) is 3.70. The molecule has 0 saturated heterocycles. The minimum absolute atomic E-state index is 0.303. The standard InChI is InChI=1S/C18H14ClN3O2/c19-17-16(21-8-9-22-17)10-12-6-7-14(11-15(12)18(20)23)24-13-4-2-1-3-5-13/h1-9,11H,10H2,(H2,20,23). The van der Waals surface area contributed by atoms with Crippen LogP contribution in [0.4, 0.5) is 0 Å². The van der Waals surface area contributed by atoms with Crippen LogP contribution in [0.3, 0.4) is 0 Å². The zero-order valence-electron chi connectivity index (χ0n) is 12.6. The van der Waals surface area contributed by atoms with Gasteiger partial charge in [0.1, 0.15) is 11.5 Å². The summed E-state index contributed by atoms with van der Waals surface area (Å²) in [5.74, 6) is 0.671. The minimum atomic E-state index is -0.538. The summed E-state index contributed by atoms with van der Waals surface area (Å²) in [7, 11) is 0. The average Bonchev–Trinajstić information content (AvgIpc) is 2.59. The Morgan fingerprint density at radius 3 is 2.50 bits per heavy atom. The first-order chi connectivity index (χ1) is 11.6. The highest BCUT2D eigenvalue weighted by Crippen LogP contribution is 2.25. The number of hydrogen-bond acceptors (Lipinski definition) is 4. The van der Waals surface area contributed by atoms with E-state index in [1.807, 2.05) is 30.3 Å². The van der Waals surface area contributed by atoms with Gasteiger partial charge in [-0.2, -0.15) is 0 Å². The van der Waals surface area contributed by atoms with E-state index >= 15 is 0 Å². The molecule has 2 aromatic carbocycles. The van der Waals surface area contributed by atoms with Gasteiger partial charge in [-0.1, -0.05) is 35.9 Å². The van der Waals surface area contributed by atoms with Crippen molar-refractivity contribution in [2.24, 2.45) is 5.73 Å². The van der Waals surface area contributed by atoms with E-state index < -0.39 is 5.91 Å². The van der Waals surface area contributed by atoms with E-state index in [1.165, 1.54) is 6.20 Å². The number of nitrogens with zero attached hydrogens (tertiary/aromatic N) is 2. The van der Waals surface area contributed by atoms with E-state index in [0.29, 0.717) is 39.9 Å². The van der Waals surface area contributed by atoms with E-state index in [-0.39, 0.29) is 0 Å². The molecule has 1 amide bonds. The van der Waals surface area contributed by atoms with Crippen LogP contribution >= 0.6 is 11.6 Å². The molecule has 2 N–H and O–H groups in total. The van der Waals surface area contributed by atoms with Gasteiger partial charge in [0.05, 0.1) is 5.69 Å². The molecule has 0 saturated carbocycles. The summed E-state index contributed by atoms with van der Waals surface area (Å²) in [6.45, 7) is 0. The molecule has 0 aliphatic heterocycles. The van der Waals surface area contributed by atoms with Gasteiger partial charge in [0.25, 0.3) is 0 Å². The van der Waals surface area contributed by atoms with Crippen LogP contribution in [0.2, 0.25) is 5.15 Å². The first-order valence-corrected chi connectivity index (χ1v) is 7.62. The molecule has 0 fully saturated rings. The fraction of sp³-hybridized carbons (Fsp3) is 0.0556. The largest absolute Gasteiger partial charge is 0.457 e. The van der Waals surface area contributed by atoms with E-state index in [1.54, 1.807) is 24.4 Å². The van der Waals surface area contributed by atoms with Gasteiger partial charge in [-0.25, -0.2) is 4.98 Å². The molecule has 6 heteroatoms. The van der Waals surface area contributed by atoms with Crippen LogP contribution < -0.4 is 10.5 Å². The zero-order chi connectivity index (χ0) is 16.9. The van der Waals surface area contributed by atoms with Gasteiger partial charge in [0, 0.05) is 24.4 Å². The van der Waals surface area contributed by atoms with Crippen LogP contribution in [-0.2, 0) is 6.42 Å². The molecular weight excluding hydrogens is 326 g/mol. The number of rotatable bonds is 5. The number of carbonyl (C=O) groups excluding carboxylic acids is 1. The van der Waals surface area contributed by atoms with Crippen molar-refractivity contribution in [3.63, 3.8) is 0 Å². The van der Waals surface area contributed by atoms with Crippen molar-refractivity contribution in [1.82, 2.24) is 9.97 Å². The first kappa shape index (κ1) is 16.0. The third-order valence-electron chi connectivity index (χ3n) is 3.41. The number of halogens is 1. The summed E-state index contributed by atoms with van der Waals surface area (Å²) >= 11 is 6.03. The first-order valence-electron chi connectivity index (χ1n) is 7.24. The molecule has 5 nitrogen and oxygen atoms in total. The molecule has 1 aromatic heterocycles. The summed E-state index contributed by atoms with van der Waals surface area (Å²) in [6, 6.07) is 14.5. The maximum absolute atomic E-state index is 11.8. The topological polar surface area (TPSA) is 78.1 Å². The summed E-state index contributed by atoms with van der Waals surface area (Å²) in [6.07, 6.45) is 3.42. The van der Waals surface area contributed by atoms with Gasteiger partial charge >= 0.3 is 0 Å². The van der Waals surface area contributed by atoms with Gasteiger partial charge in [-0.05, 0) is 29.8 Å². The van der Waals surface area contributed by atoms with E-state index in [4.69, 9.17) is 22.1 Å². The molecule has 24 heavy (non-hydrogen) atoms. The van der Waals surface area contributed by atoms with E-state index in [0.717, 1.165) is 0 Å². The second-order valence-corrected chi connectivity index (χ2v) is 5.43. The van der Waals surface area contributed by atoms with Crippen LogP contribution in [0.1, 0.15) is 21.6 Å². The summed E-state index contributed by atoms with van der Waals surface area (Å²) in [4.78, 5) is 20.0. The molecule has 120 valence electrons. The van der Waals surface area contributed by atoms with E-state index in [9.17, 15) is 4.79 Å². The molecule has 0 radical (unpaired) electrons. The van der Waals surface area contributed by atoms with E-state index in [2.05, 4.69) is 9.97 Å². The molecule has 0 unspecified atom stereocenters. The number of para-hydroxylation sites is 1. The lowest BCUT2D eigenvalue weighted by Gasteiger charge is -2.11. The Morgan fingerprint density at radius 1 is 1.04 bits per heavy atom. The highest BCUT2D eigenvalue weighted by atomic mass is 35.5. The van der Waals surface area contributed by atoms with Crippen molar-refractivity contribution < 1.29 is 9.53 Å². The van der Waals surface area contributed by atoms with Crippen LogP contribution in [0.5, 0.6) is 11.5 Å². The Kier molecular flexibility index (Phi) is 4.72. The number of aromatic nitrogens is 2. The number of carbonyl (C=O) groups is 1. The number of primary amides is 1. The molecule has 0 spiro atoms.